The zero-order chi connectivity index (χ0) is 27.0. The molecule has 0 saturated carbocycles. The van der Waals surface area contributed by atoms with Gasteiger partial charge < -0.3 is 15.2 Å². The van der Waals surface area contributed by atoms with Gasteiger partial charge in [-0.15, -0.1) is 0 Å². The number of amides is 1. The smallest absolute Gasteiger partial charge is 0.261 e. The van der Waals surface area contributed by atoms with E-state index in [2.05, 4.69) is 46.0 Å². The maximum Gasteiger partial charge on any atom is 0.261 e. The fraction of sp³-hybridized carbons (Fsp3) is 0.423. The molecule has 4 aromatic heterocycles. The quantitative estimate of drug-likeness (QED) is 0.400. The minimum atomic E-state index is -0.563. The average molecular weight is 504 g/mol. The third-order valence-corrected chi connectivity index (χ3v) is 6.93. The molecule has 0 aromatic carbocycles. The number of nitrogen functional groups attached to an aromatic ring is 1. The summed E-state index contributed by atoms with van der Waals surface area (Å²) >= 11 is 0. The summed E-state index contributed by atoms with van der Waals surface area (Å²) in [5, 5.41) is 8.64. The Morgan fingerprint density at radius 2 is 1.76 bits per heavy atom. The van der Waals surface area contributed by atoms with Crippen molar-refractivity contribution in [3.8, 4) is 22.7 Å². The molecule has 0 bridgehead atoms. The molecule has 0 saturated heterocycles. The lowest BCUT2D eigenvalue weighted by molar-refractivity contribution is -0.134. The Morgan fingerprint density at radius 1 is 1.05 bits per heavy atom. The number of carbonyl (C=O) groups excluding carboxylic acids is 1. The molecule has 0 radical (unpaired) electrons. The summed E-state index contributed by atoms with van der Waals surface area (Å²) in [5.74, 6) is 1.20. The van der Waals surface area contributed by atoms with Crippen molar-refractivity contribution in [1.82, 2.24) is 39.8 Å². The normalized spacial score (nSPS) is 13.5. The number of anilines is 1. The summed E-state index contributed by atoms with van der Waals surface area (Å²) in [6, 6.07) is 3.92. The van der Waals surface area contributed by atoms with Crippen LogP contribution in [0.3, 0.4) is 0 Å². The first-order valence-electron chi connectivity index (χ1n) is 12.1. The van der Waals surface area contributed by atoms with Crippen molar-refractivity contribution < 1.29 is 9.32 Å². The number of nitrogens with two attached hydrogens (primary N) is 1. The van der Waals surface area contributed by atoms with Gasteiger partial charge in [0.05, 0.1) is 22.9 Å². The molecular weight excluding hydrogens is 470 g/mol. The Labute approximate surface area is 216 Å². The molecule has 2 N–H and O–H groups in total. The van der Waals surface area contributed by atoms with Crippen LogP contribution in [0.2, 0.25) is 0 Å². The van der Waals surface area contributed by atoms with Gasteiger partial charge >= 0.3 is 0 Å². The van der Waals surface area contributed by atoms with Crippen LogP contribution >= 0.6 is 0 Å². The predicted octanol–water partition coefficient (Wildman–Crippen LogP) is 3.59. The van der Waals surface area contributed by atoms with Crippen molar-refractivity contribution in [2.24, 2.45) is 5.92 Å². The van der Waals surface area contributed by atoms with Gasteiger partial charge in [0.25, 0.3) is 5.89 Å². The van der Waals surface area contributed by atoms with E-state index in [0.29, 0.717) is 17.3 Å². The Kier molecular flexibility index (Phi) is 6.81. The van der Waals surface area contributed by atoms with E-state index in [1.54, 1.807) is 41.4 Å². The van der Waals surface area contributed by atoms with Crippen LogP contribution in [0.25, 0.3) is 22.7 Å². The Morgan fingerprint density at radius 3 is 2.35 bits per heavy atom. The van der Waals surface area contributed by atoms with Crippen molar-refractivity contribution in [3.63, 3.8) is 0 Å². The minimum absolute atomic E-state index is 0.0396. The lowest BCUT2D eigenvalue weighted by atomic mass is 9.73. The SMILES string of the molecule is CC(C)[C@](C)(c1ccc(-c2cnc(N)nc2)nc1)c1noc(-c2cnn(CC(=O)N(C)C(C)(C)C)c2)n1. The highest BCUT2D eigenvalue weighted by molar-refractivity contribution is 5.76. The molecule has 0 aliphatic carbocycles. The number of rotatable bonds is 7. The average Bonchev–Trinajstić information content (AvgIpc) is 3.53. The molecule has 194 valence electrons. The fourth-order valence-electron chi connectivity index (χ4n) is 3.79. The summed E-state index contributed by atoms with van der Waals surface area (Å²) < 4.78 is 7.21. The van der Waals surface area contributed by atoms with Gasteiger partial charge in [0.2, 0.25) is 11.9 Å². The maximum atomic E-state index is 12.6. The van der Waals surface area contributed by atoms with Crippen molar-refractivity contribution in [1.29, 1.82) is 0 Å². The van der Waals surface area contributed by atoms with E-state index in [-0.39, 0.29) is 29.9 Å². The number of carbonyl (C=O) groups is 1. The van der Waals surface area contributed by atoms with Crippen LogP contribution in [0, 0.1) is 5.92 Å². The summed E-state index contributed by atoms with van der Waals surface area (Å²) in [7, 11) is 1.79. The van der Waals surface area contributed by atoms with Gasteiger partial charge in [0.15, 0.2) is 5.82 Å². The van der Waals surface area contributed by atoms with E-state index in [4.69, 9.17) is 15.2 Å². The van der Waals surface area contributed by atoms with E-state index >= 15 is 0 Å². The minimum Gasteiger partial charge on any atom is -0.368 e. The molecule has 11 nitrogen and oxygen atoms in total. The standard InChI is InChI=1S/C26H33N9O2/c1-16(2)26(6,19-8-9-20(28-13-19)17-10-29-24(27)30-11-17)23-32-22(37-33-23)18-12-31-35(14-18)15-21(36)34(7)25(3,4)5/h8-14,16H,15H2,1-7H3,(H2,27,29,30)/t26-/m1/s1. The highest BCUT2D eigenvalue weighted by Gasteiger charge is 2.38. The Hall–Kier alpha value is -4.15. The molecule has 0 fully saturated rings. The fourth-order valence-corrected chi connectivity index (χ4v) is 3.79. The zero-order valence-corrected chi connectivity index (χ0v) is 22.3. The molecule has 37 heavy (non-hydrogen) atoms. The lowest BCUT2D eigenvalue weighted by Crippen LogP contribution is -2.44. The van der Waals surface area contributed by atoms with Crippen molar-refractivity contribution in [2.45, 2.75) is 59.0 Å². The molecule has 0 aliphatic rings. The highest BCUT2D eigenvalue weighted by Crippen LogP contribution is 2.38. The third-order valence-electron chi connectivity index (χ3n) is 6.93. The maximum absolute atomic E-state index is 12.6. The number of hydrogen-bond acceptors (Lipinski definition) is 9. The largest absolute Gasteiger partial charge is 0.368 e. The summed E-state index contributed by atoms with van der Waals surface area (Å²) in [5.41, 5.74) is 7.86. The van der Waals surface area contributed by atoms with Crippen LogP contribution < -0.4 is 5.73 Å². The third kappa shape index (κ3) is 5.20. The highest BCUT2D eigenvalue weighted by atomic mass is 16.5. The molecule has 0 unspecified atom stereocenters. The van der Waals surface area contributed by atoms with E-state index in [9.17, 15) is 4.79 Å². The summed E-state index contributed by atoms with van der Waals surface area (Å²) in [6.45, 7) is 12.4. The molecule has 0 aliphatic heterocycles. The number of hydrogen-bond donors (Lipinski definition) is 1. The molecule has 4 rings (SSSR count). The van der Waals surface area contributed by atoms with Gasteiger partial charge in [-0.1, -0.05) is 25.1 Å². The van der Waals surface area contributed by atoms with E-state index in [1.165, 1.54) is 0 Å². The first kappa shape index (κ1) is 25.9. The Bertz CT molecular complexity index is 1370. The lowest BCUT2D eigenvalue weighted by Gasteiger charge is -2.31. The van der Waals surface area contributed by atoms with E-state index in [1.807, 2.05) is 39.1 Å². The van der Waals surface area contributed by atoms with Gasteiger partial charge in [-0.25, -0.2) is 9.97 Å². The van der Waals surface area contributed by atoms with Crippen molar-refractivity contribution in [2.75, 3.05) is 12.8 Å². The Balaban J connectivity index is 1.57. The zero-order valence-electron chi connectivity index (χ0n) is 22.3. The van der Waals surface area contributed by atoms with Crippen molar-refractivity contribution >= 4 is 11.9 Å². The van der Waals surface area contributed by atoms with Gasteiger partial charge in [-0.05, 0) is 45.2 Å². The number of nitrogens with zero attached hydrogens (tertiary/aromatic N) is 8. The number of pyridine rings is 1. The van der Waals surface area contributed by atoms with Gasteiger partial charge in [-0.3, -0.25) is 14.5 Å². The molecule has 1 amide bonds. The van der Waals surface area contributed by atoms with Gasteiger partial charge in [-0.2, -0.15) is 10.1 Å². The predicted molar refractivity (Wildman–Crippen MR) is 139 cm³/mol. The number of likely N-dealkylation sites (N-methyl/N-ethyl adjacent to an activating group) is 1. The molecule has 4 aromatic rings. The first-order valence-corrected chi connectivity index (χ1v) is 12.1. The van der Waals surface area contributed by atoms with E-state index in [0.717, 1.165) is 16.8 Å². The molecule has 0 spiro atoms. The van der Waals surface area contributed by atoms with Crippen molar-refractivity contribution in [3.05, 3.63) is 54.5 Å². The molecule has 11 heteroatoms. The van der Waals surface area contributed by atoms with Crippen LogP contribution in [0.4, 0.5) is 5.95 Å². The second-order valence-corrected chi connectivity index (χ2v) is 10.6. The van der Waals surface area contributed by atoms with Crippen LogP contribution in [0.15, 0.2) is 47.6 Å². The van der Waals surface area contributed by atoms with Crippen LogP contribution in [0.5, 0.6) is 0 Å². The monoisotopic (exact) mass is 503 g/mol. The first-order chi connectivity index (χ1) is 17.4. The number of aromatic nitrogens is 7. The summed E-state index contributed by atoms with van der Waals surface area (Å²) in [6.07, 6.45) is 8.47. The van der Waals surface area contributed by atoms with Gasteiger partial charge in [0.1, 0.15) is 6.54 Å². The van der Waals surface area contributed by atoms with Crippen LogP contribution in [-0.4, -0.2) is 58.3 Å². The molecular formula is C26H33N9O2. The topological polar surface area (TPSA) is 142 Å². The second kappa shape index (κ2) is 9.72. The molecule has 1 atom stereocenters. The second-order valence-electron chi connectivity index (χ2n) is 10.6. The van der Waals surface area contributed by atoms with Gasteiger partial charge in [0, 0.05) is 42.9 Å². The van der Waals surface area contributed by atoms with Crippen LogP contribution in [-0.2, 0) is 16.8 Å². The van der Waals surface area contributed by atoms with E-state index < -0.39 is 5.41 Å². The molecule has 4 heterocycles. The van der Waals surface area contributed by atoms with Crippen LogP contribution in [0.1, 0.15) is 52.9 Å². The summed E-state index contributed by atoms with van der Waals surface area (Å²) in [4.78, 5) is 31.7.